The van der Waals surface area contributed by atoms with Gasteiger partial charge in [0, 0.05) is 24.3 Å². The minimum Gasteiger partial charge on any atom is -0.469 e. The number of rotatable bonds is 5. The van der Waals surface area contributed by atoms with Gasteiger partial charge in [-0.05, 0) is 59.3 Å². The van der Waals surface area contributed by atoms with Crippen molar-refractivity contribution in [3.05, 3.63) is 12.4 Å². The maximum Gasteiger partial charge on any atom is 0.498 e. The summed E-state index contributed by atoms with van der Waals surface area (Å²) >= 11 is 0. The molecule has 8 heteroatoms. The van der Waals surface area contributed by atoms with Crippen LogP contribution in [0.1, 0.15) is 59.8 Å². The van der Waals surface area contributed by atoms with Crippen molar-refractivity contribution >= 4 is 18.6 Å². The Morgan fingerprint density at radius 2 is 1.67 bits per heavy atom. The van der Waals surface area contributed by atoms with E-state index in [2.05, 4.69) is 9.97 Å². The second-order valence-electron chi connectivity index (χ2n) is 8.43. The number of nitrogens with zero attached hydrogens (tertiary/aromatic N) is 2. The molecule has 148 valence electrons. The van der Waals surface area contributed by atoms with Gasteiger partial charge >= 0.3 is 19.1 Å². The van der Waals surface area contributed by atoms with Crippen LogP contribution in [0.15, 0.2) is 12.4 Å². The van der Waals surface area contributed by atoms with Crippen LogP contribution in [-0.2, 0) is 18.8 Å². The molecule has 0 bridgehead atoms. The Morgan fingerprint density at radius 3 is 2.19 bits per heavy atom. The third-order valence-electron chi connectivity index (χ3n) is 5.92. The van der Waals surface area contributed by atoms with Crippen molar-refractivity contribution in [1.82, 2.24) is 9.97 Å². The molecule has 2 fully saturated rings. The van der Waals surface area contributed by atoms with E-state index in [1.165, 1.54) is 7.11 Å². The van der Waals surface area contributed by atoms with Crippen molar-refractivity contribution in [3.63, 3.8) is 0 Å². The van der Waals surface area contributed by atoms with Crippen LogP contribution in [0.25, 0.3) is 0 Å². The fraction of sp³-hybridized carbons (Fsp3) is 0.737. The van der Waals surface area contributed by atoms with Crippen molar-refractivity contribution in [2.24, 2.45) is 5.92 Å². The van der Waals surface area contributed by atoms with Crippen molar-refractivity contribution < 1.29 is 23.6 Å². The SMILES string of the molecule is COC(=O)CC1CCC(Oc2ncc(B3OC(C)(C)C(C)(C)O3)cn2)CC1. The number of methoxy groups -OCH3 is 1. The van der Waals surface area contributed by atoms with Gasteiger partial charge in [-0.15, -0.1) is 0 Å². The predicted octanol–water partition coefficient (Wildman–Crippen LogP) is 2.28. The molecular formula is C19H29BN2O5. The first-order chi connectivity index (χ1) is 12.7. The topological polar surface area (TPSA) is 79.8 Å². The van der Waals surface area contributed by atoms with Gasteiger partial charge in [0.25, 0.3) is 0 Å². The van der Waals surface area contributed by atoms with Gasteiger partial charge in [0.2, 0.25) is 0 Å². The zero-order chi connectivity index (χ0) is 19.7. The number of esters is 1. The number of hydrogen-bond acceptors (Lipinski definition) is 7. The summed E-state index contributed by atoms with van der Waals surface area (Å²) in [4.78, 5) is 20.0. The van der Waals surface area contributed by atoms with Crippen LogP contribution in [0.4, 0.5) is 0 Å². The summed E-state index contributed by atoms with van der Waals surface area (Å²) in [6.45, 7) is 8.06. The maximum atomic E-state index is 11.4. The molecule has 27 heavy (non-hydrogen) atoms. The van der Waals surface area contributed by atoms with Crippen LogP contribution in [0.5, 0.6) is 6.01 Å². The molecule has 1 saturated heterocycles. The standard InChI is InChI=1S/C19H29BN2O5/c1-18(2)19(3,4)27-20(26-18)14-11-21-17(22-12-14)25-15-8-6-13(7-9-15)10-16(23)24-5/h11-13,15H,6-10H2,1-5H3. The Kier molecular flexibility index (Phi) is 5.77. The third kappa shape index (κ3) is 4.61. The molecule has 0 spiro atoms. The molecule has 2 heterocycles. The molecule has 0 atom stereocenters. The van der Waals surface area contributed by atoms with Crippen molar-refractivity contribution in [3.8, 4) is 6.01 Å². The van der Waals surface area contributed by atoms with E-state index >= 15 is 0 Å². The van der Waals surface area contributed by atoms with Crippen molar-refractivity contribution in [2.75, 3.05) is 7.11 Å². The molecule has 1 aliphatic carbocycles. The van der Waals surface area contributed by atoms with Crippen molar-refractivity contribution in [2.45, 2.75) is 77.1 Å². The lowest BCUT2D eigenvalue weighted by Gasteiger charge is -2.32. The molecule has 1 saturated carbocycles. The molecule has 0 N–H and O–H groups in total. The first-order valence-electron chi connectivity index (χ1n) is 9.61. The summed E-state index contributed by atoms with van der Waals surface area (Å²) in [5.41, 5.74) is -0.00600. The second kappa shape index (κ2) is 7.76. The van der Waals surface area contributed by atoms with Crippen LogP contribution >= 0.6 is 0 Å². The molecular weight excluding hydrogens is 347 g/mol. The Balaban J connectivity index is 1.51. The zero-order valence-electron chi connectivity index (χ0n) is 16.9. The van der Waals surface area contributed by atoms with Gasteiger partial charge in [0.15, 0.2) is 0 Å². The first kappa shape index (κ1) is 20.1. The molecule has 0 radical (unpaired) electrons. The Hall–Kier alpha value is -1.67. The quantitative estimate of drug-likeness (QED) is 0.576. The van der Waals surface area contributed by atoms with Gasteiger partial charge in [-0.1, -0.05) is 0 Å². The highest BCUT2D eigenvalue weighted by Gasteiger charge is 2.52. The number of hydrogen-bond donors (Lipinski definition) is 0. The molecule has 0 amide bonds. The van der Waals surface area contributed by atoms with Crippen LogP contribution in [0, 0.1) is 5.92 Å². The minimum absolute atomic E-state index is 0.0848. The molecule has 2 aliphatic rings. The lowest BCUT2D eigenvalue weighted by Crippen LogP contribution is -2.41. The number of ether oxygens (including phenoxy) is 2. The molecule has 1 aromatic heterocycles. The molecule has 1 aliphatic heterocycles. The number of carbonyl (C=O) groups excluding carboxylic acids is 1. The third-order valence-corrected chi connectivity index (χ3v) is 5.92. The van der Waals surface area contributed by atoms with E-state index in [4.69, 9.17) is 18.8 Å². The highest BCUT2D eigenvalue weighted by molar-refractivity contribution is 6.61. The van der Waals surface area contributed by atoms with Gasteiger partial charge in [-0.2, -0.15) is 0 Å². The largest absolute Gasteiger partial charge is 0.498 e. The summed E-state index contributed by atoms with van der Waals surface area (Å²) in [5.74, 6) is 0.241. The van der Waals surface area contributed by atoms with Crippen LogP contribution in [0.2, 0.25) is 0 Å². The fourth-order valence-electron chi connectivity index (χ4n) is 3.41. The molecule has 0 aromatic carbocycles. The van der Waals surface area contributed by atoms with Crippen LogP contribution in [0.3, 0.4) is 0 Å². The Morgan fingerprint density at radius 1 is 1.11 bits per heavy atom. The van der Waals surface area contributed by atoms with E-state index in [-0.39, 0.29) is 12.1 Å². The van der Waals surface area contributed by atoms with Crippen LogP contribution < -0.4 is 10.2 Å². The summed E-state index contributed by atoms with van der Waals surface area (Å²) in [6, 6.07) is 0.367. The summed E-state index contributed by atoms with van der Waals surface area (Å²) in [6.07, 6.45) is 7.66. The highest BCUT2D eigenvalue weighted by atomic mass is 16.7. The van der Waals surface area contributed by atoms with E-state index < -0.39 is 18.3 Å². The monoisotopic (exact) mass is 376 g/mol. The van der Waals surface area contributed by atoms with Gasteiger partial charge < -0.3 is 18.8 Å². The minimum atomic E-state index is -0.474. The Bertz CT molecular complexity index is 641. The average molecular weight is 376 g/mol. The second-order valence-corrected chi connectivity index (χ2v) is 8.43. The van der Waals surface area contributed by atoms with E-state index in [1.807, 2.05) is 27.7 Å². The van der Waals surface area contributed by atoms with E-state index in [0.717, 1.165) is 31.1 Å². The molecule has 0 unspecified atom stereocenters. The van der Waals surface area contributed by atoms with Gasteiger partial charge in [-0.3, -0.25) is 4.79 Å². The fourth-order valence-corrected chi connectivity index (χ4v) is 3.41. The van der Waals surface area contributed by atoms with Gasteiger partial charge in [-0.25, -0.2) is 9.97 Å². The lowest BCUT2D eigenvalue weighted by molar-refractivity contribution is -0.142. The summed E-state index contributed by atoms with van der Waals surface area (Å²) in [7, 11) is 0.958. The van der Waals surface area contributed by atoms with E-state index in [1.54, 1.807) is 12.4 Å². The molecule has 7 nitrogen and oxygen atoms in total. The zero-order valence-corrected chi connectivity index (χ0v) is 16.9. The van der Waals surface area contributed by atoms with Crippen molar-refractivity contribution in [1.29, 1.82) is 0 Å². The van der Waals surface area contributed by atoms with E-state index in [9.17, 15) is 4.79 Å². The van der Waals surface area contributed by atoms with Gasteiger partial charge in [0.05, 0.1) is 18.3 Å². The number of aromatic nitrogens is 2. The molecule has 3 rings (SSSR count). The summed E-state index contributed by atoms with van der Waals surface area (Å²) in [5, 5.41) is 0. The lowest BCUT2D eigenvalue weighted by atomic mass is 9.81. The van der Waals surface area contributed by atoms with Crippen LogP contribution in [-0.4, -0.2) is 47.5 Å². The van der Waals surface area contributed by atoms with Gasteiger partial charge in [0.1, 0.15) is 6.10 Å². The predicted molar refractivity (Wildman–Crippen MR) is 101 cm³/mol. The Labute approximate surface area is 161 Å². The maximum absolute atomic E-state index is 11.4. The molecule has 1 aromatic rings. The van der Waals surface area contributed by atoms with E-state index in [0.29, 0.717) is 18.3 Å². The number of carbonyl (C=O) groups is 1. The average Bonchev–Trinajstić information content (AvgIpc) is 2.85. The first-order valence-corrected chi connectivity index (χ1v) is 9.61. The highest BCUT2D eigenvalue weighted by Crippen LogP contribution is 2.36. The normalized spacial score (nSPS) is 26.6. The summed E-state index contributed by atoms with van der Waals surface area (Å²) < 4.78 is 22.7. The smallest absolute Gasteiger partial charge is 0.469 e.